The van der Waals surface area contributed by atoms with Crippen molar-refractivity contribution in [1.29, 1.82) is 0 Å². The van der Waals surface area contributed by atoms with E-state index in [2.05, 4.69) is 0 Å². The molecule has 0 aliphatic rings. The number of unbranched alkanes of at least 4 members (excludes halogenated alkanes) is 2. The number of hydroxylamine groups is 1. The summed E-state index contributed by atoms with van der Waals surface area (Å²) in [4.78, 5) is 21.8. The van der Waals surface area contributed by atoms with Crippen molar-refractivity contribution in [1.82, 2.24) is 5.48 Å². The van der Waals surface area contributed by atoms with E-state index in [4.69, 9.17) is 20.4 Å². The number of carbonyl (C=O) groups excluding carboxylic acids is 2. The number of ether oxygens (including phenoxy) is 2. The van der Waals surface area contributed by atoms with Crippen molar-refractivity contribution in [3.8, 4) is 5.75 Å². The first-order valence-corrected chi connectivity index (χ1v) is 9.52. The third-order valence-electron chi connectivity index (χ3n) is 4.09. The van der Waals surface area contributed by atoms with Crippen LogP contribution in [0, 0.1) is 0 Å². The highest BCUT2D eigenvalue weighted by molar-refractivity contribution is 5.74. The second-order valence-electron chi connectivity index (χ2n) is 6.38. The summed E-state index contributed by atoms with van der Waals surface area (Å²) in [5.41, 5.74) is 8.75. The molecule has 0 fully saturated rings. The van der Waals surface area contributed by atoms with E-state index >= 15 is 0 Å². The average Bonchev–Trinajstić information content (AvgIpc) is 2.76. The Kier molecular flexibility index (Phi) is 12.5. The predicted octanol–water partition coefficient (Wildman–Crippen LogP) is 3.50. The zero-order valence-corrected chi connectivity index (χ0v) is 16.8. The molecular formula is C22H30N2O5. The number of nitrogens with two attached hydrogens (primary N) is 1. The van der Waals surface area contributed by atoms with Crippen molar-refractivity contribution in [3.05, 3.63) is 60.2 Å². The molecule has 0 radical (unpaired) electrons. The van der Waals surface area contributed by atoms with E-state index < -0.39 is 6.10 Å². The summed E-state index contributed by atoms with van der Waals surface area (Å²) in [6.07, 6.45) is 3.57. The van der Waals surface area contributed by atoms with Gasteiger partial charge in [-0.3, -0.25) is 10.0 Å². The maximum absolute atomic E-state index is 11.0. The van der Waals surface area contributed by atoms with Crippen LogP contribution in [0.15, 0.2) is 54.6 Å². The first kappa shape index (κ1) is 24.1. The van der Waals surface area contributed by atoms with E-state index in [0.717, 1.165) is 36.1 Å². The van der Waals surface area contributed by atoms with E-state index in [1.54, 1.807) is 12.6 Å². The molecule has 2 rings (SSSR count). The highest BCUT2D eigenvalue weighted by Gasteiger charge is 2.08. The zero-order chi connectivity index (χ0) is 21.3. The van der Waals surface area contributed by atoms with Gasteiger partial charge in [-0.1, -0.05) is 43.2 Å². The Labute approximate surface area is 171 Å². The number of benzene rings is 2. The summed E-state index contributed by atoms with van der Waals surface area (Å²) in [6, 6.07) is 17.0. The van der Waals surface area contributed by atoms with E-state index in [1.807, 2.05) is 54.6 Å². The van der Waals surface area contributed by atoms with Crippen LogP contribution < -0.4 is 16.0 Å². The summed E-state index contributed by atoms with van der Waals surface area (Å²) in [5, 5.41) is 8.36. The van der Waals surface area contributed by atoms with Crippen molar-refractivity contribution in [3.63, 3.8) is 0 Å². The summed E-state index contributed by atoms with van der Waals surface area (Å²) in [7, 11) is 1.61. The lowest BCUT2D eigenvalue weighted by atomic mass is 10.1. The molecule has 4 N–H and O–H groups in total. The zero-order valence-electron chi connectivity index (χ0n) is 16.8. The Morgan fingerprint density at radius 1 is 1.10 bits per heavy atom. The van der Waals surface area contributed by atoms with Gasteiger partial charge < -0.3 is 20.0 Å². The van der Waals surface area contributed by atoms with Crippen molar-refractivity contribution in [2.75, 3.05) is 12.8 Å². The molecule has 0 aromatic heterocycles. The van der Waals surface area contributed by atoms with Crippen LogP contribution in [0.25, 0.3) is 0 Å². The fraction of sp³-hybridized carbons (Fsp3) is 0.364. The van der Waals surface area contributed by atoms with Gasteiger partial charge in [-0.05, 0) is 42.7 Å². The number of aldehydes is 1. The van der Waals surface area contributed by atoms with Crippen molar-refractivity contribution < 1.29 is 24.3 Å². The van der Waals surface area contributed by atoms with Gasteiger partial charge in [0.05, 0.1) is 13.7 Å². The van der Waals surface area contributed by atoms with E-state index in [9.17, 15) is 9.59 Å². The molecule has 7 nitrogen and oxygen atoms in total. The van der Waals surface area contributed by atoms with Crippen LogP contribution in [0.3, 0.4) is 0 Å². The number of rotatable bonds is 11. The lowest BCUT2D eigenvalue weighted by Crippen LogP contribution is -2.18. The molecule has 1 atom stereocenters. The van der Waals surface area contributed by atoms with Gasteiger partial charge in [-0.25, -0.2) is 5.48 Å². The monoisotopic (exact) mass is 402 g/mol. The Hall–Kier alpha value is -2.90. The molecule has 2 aromatic carbocycles. The van der Waals surface area contributed by atoms with Gasteiger partial charge in [0.25, 0.3) is 0 Å². The number of nitrogen functional groups attached to an aromatic ring is 1. The second kappa shape index (κ2) is 15.1. The number of para-hydroxylation sites is 1. The molecule has 0 aliphatic heterocycles. The van der Waals surface area contributed by atoms with Crippen LogP contribution in [0.4, 0.5) is 5.69 Å². The molecule has 7 heteroatoms. The highest BCUT2D eigenvalue weighted by Crippen LogP contribution is 2.14. The summed E-state index contributed by atoms with van der Waals surface area (Å²) in [5.74, 6) is 0.394. The van der Waals surface area contributed by atoms with Crippen LogP contribution in [-0.2, 0) is 20.9 Å². The summed E-state index contributed by atoms with van der Waals surface area (Å²) >= 11 is 0. The number of anilines is 1. The summed E-state index contributed by atoms with van der Waals surface area (Å²) < 4.78 is 10.6. The number of amides is 1. The van der Waals surface area contributed by atoms with Crippen LogP contribution in [-0.4, -0.2) is 30.6 Å². The van der Waals surface area contributed by atoms with E-state index in [1.165, 1.54) is 0 Å². The van der Waals surface area contributed by atoms with Crippen LogP contribution in [0.2, 0.25) is 0 Å². The number of nitrogens with one attached hydrogen (secondary N) is 1. The second-order valence-corrected chi connectivity index (χ2v) is 6.38. The van der Waals surface area contributed by atoms with Gasteiger partial charge in [0, 0.05) is 12.1 Å². The maximum Gasteiger partial charge on any atom is 0.243 e. The summed E-state index contributed by atoms with van der Waals surface area (Å²) in [6.45, 7) is 0.375. The van der Waals surface area contributed by atoms with Crippen molar-refractivity contribution in [2.24, 2.45) is 0 Å². The minimum Gasteiger partial charge on any atom is -0.497 e. The lowest BCUT2D eigenvalue weighted by Gasteiger charge is -2.12. The molecule has 0 heterocycles. The van der Waals surface area contributed by atoms with Crippen LogP contribution in [0.5, 0.6) is 5.75 Å². The molecule has 0 aliphatic carbocycles. The number of methoxy groups -OCH3 is 1. The predicted molar refractivity (Wildman–Crippen MR) is 112 cm³/mol. The Balaban J connectivity index is 0.000000502. The average molecular weight is 402 g/mol. The van der Waals surface area contributed by atoms with Gasteiger partial charge in [0.1, 0.15) is 18.1 Å². The Morgan fingerprint density at radius 3 is 2.31 bits per heavy atom. The molecule has 1 amide bonds. The third-order valence-corrected chi connectivity index (χ3v) is 4.09. The molecule has 0 bridgehead atoms. The van der Waals surface area contributed by atoms with Crippen LogP contribution in [0.1, 0.15) is 37.7 Å². The highest BCUT2D eigenvalue weighted by atomic mass is 16.5. The molecule has 158 valence electrons. The number of hydrogen-bond donors (Lipinski definition) is 3. The Bertz CT molecular complexity index is 692. The standard InChI is InChI=1S/C16H23NO5.C6H7N/c1-21-14-9-7-13(8-10-14)12-22-15(11-18)5-3-2-4-6-16(19)17-20;7-6-4-2-1-3-5-6/h7-11,15,20H,2-6,12H2,1H3,(H,17,19);1-5H,7H2/t15-;/m1./s1. The first-order chi connectivity index (χ1) is 14.1. The topological polar surface area (TPSA) is 111 Å². The van der Waals surface area contributed by atoms with Gasteiger partial charge in [-0.2, -0.15) is 0 Å². The largest absolute Gasteiger partial charge is 0.497 e. The normalized spacial score (nSPS) is 11.0. The smallest absolute Gasteiger partial charge is 0.243 e. The first-order valence-electron chi connectivity index (χ1n) is 9.52. The number of carbonyl (C=O) groups is 2. The molecule has 0 spiro atoms. The molecule has 0 saturated carbocycles. The fourth-order valence-corrected chi connectivity index (χ4v) is 2.43. The minimum atomic E-state index is -0.436. The molecule has 2 aromatic rings. The molecule has 29 heavy (non-hydrogen) atoms. The van der Waals surface area contributed by atoms with E-state index in [0.29, 0.717) is 19.4 Å². The maximum atomic E-state index is 11.0. The quantitative estimate of drug-likeness (QED) is 0.174. The Morgan fingerprint density at radius 2 is 1.79 bits per heavy atom. The lowest BCUT2D eigenvalue weighted by molar-refractivity contribution is -0.129. The van der Waals surface area contributed by atoms with Gasteiger partial charge in [0.2, 0.25) is 5.91 Å². The van der Waals surface area contributed by atoms with Gasteiger partial charge in [-0.15, -0.1) is 0 Å². The minimum absolute atomic E-state index is 0.287. The third kappa shape index (κ3) is 11.5. The molecular weight excluding hydrogens is 372 g/mol. The van der Waals surface area contributed by atoms with E-state index in [-0.39, 0.29) is 12.3 Å². The SMILES string of the molecule is COc1ccc(CO[C@@H](C=O)CCCCCC(=O)NO)cc1.Nc1ccccc1. The molecule has 0 saturated heterocycles. The van der Waals surface area contributed by atoms with Crippen molar-refractivity contribution >= 4 is 17.9 Å². The van der Waals surface area contributed by atoms with Gasteiger partial charge in [0.15, 0.2) is 0 Å². The number of hydrogen-bond acceptors (Lipinski definition) is 6. The molecule has 0 unspecified atom stereocenters. The van der Waals surface area contributed by atoms with Crippen LogP contribution >= 0.6 is 0 Å². The van der Waals surface area contributed by atoms with Crippen molar-refractivity contribution in [2.45, 2.75) is 44.8 Å². The fourth-order valence-electron chi connectivity index (χ4n) is 2.43. The van der Waals surface area contributed by atoms with Gasteiger partial charge >= 0.3 is 0 Å².